The van der Waals surface area contributed by atoms with Gasteiger partial charge < -0.3 is 15.1 Å². The Morgan fingerprint density at radius 1 is 1.09 bits per heavy atom. The fraction of sp³-hybridized carbons (Fsp3) is 0.240. The minimum Gasteiger partial charge on any atom is -0.478 e. The average Bonchev–Trinajstić information content (AvgIpc) is 2.94. The van der Waals surface area contributed by atoms with E-state index in [9.17, 15) is 9.59 Å². The molecule has 0 aromatic heterocycles. The predicted octanol–water partition coefficient (Wildman–Crippen LogP) is 4.81. The Morgan fingerprint density at radius 2 is 1.81 bits per heavy atom. The molecule has 0 saturated heterocycles. The van der Waals surface area contributed by atoms with Gasteiger partial charge in [-0.25, -0.2) is 14.6 Å². The lowest BCUT2D eigenvalue weighted by atomic mass is 9.96. The predicted molar refractivity (Wildman–Crippen MR) is 127 cm³/mol. The van der Waals surface area contributed by atoms with Crippen LogP contribution in [0.2, 0.25) is 0 Å². The molecule has 0 radical (unpaired) electrons. The first kappa shape index (κ1) is 23.5. The standard InChI is InChI=1S/C21H22N2S.C4H4O4/c1-3-15-10-11-19-17(13-15)21(16-7-6-12-23(2)14-16)22-18-8-4-5-9-20(18)24-19;5-3(6)1-2-4(7)8/h4-5,7-11,13H,3,6,12,14H2,1-2H3;1-2H,(H,5,6)(H,7,8). The molecule has 32 heavy (non-hydrogen) atoms. The number of nitrogens with zero attached hydrogens (tertiary/aromatic N) is 2. The Kier molecular flexibility index (Phi) is 8.03. The molecule has 6 nitrogen and oxygen atoms in total. The number of carbonyl (C=O) groups is 2. The SMILES string of the molecule is CCc1ccc2c(c1)C(C1=CCCN(C)C1)=Nc1ccccc1S2.O=C(O)C=CC(=O)O. The van der Waals surface area contributed by atoms with E-state index in [1.54, 1.807) is 0 Å². The van der Waals surface area contributed by atoms with E-state index in [-0.39, 0.29) is 0 Å². The first-order valence-corrected chi connectivity index (χ1v) is 11.2. The van der Waals surface area contributed by atoms with Crippen LogP contribution in [0, 0.1) is 0 Å². The molecule has 0 spiro atoms. The van der Waals surface area contributed by atoms with E-state index in [2.05, 4.69) is 67.4 Å². The highest BCUT2D eigenvalue weighted by molar-refractivity contribution is 7.99. The van der Waals surface area contributed by atoms with E-state index >= 15 is 0 Å². The quantitative estimate of drug-likeness (QED) is 0.650. The average molecular weight is 451 g/mol. The highest BCUT2D eigenvalue weighted by Gasteiger charge is 2.22. The first-order chi connectivity index (χ1) is 15.4. The number of para-hydroxylation sites is 1. The smallest absolute Gasteiger partial charge is 0.328 e. The normalized spacial score (nSPS) is 15.4. The van der Waals surface area contributed by atoms with Crippen molar-refractivity contribution in [1.29, 1.82) is 0 Å². The number of hydrogen-bond donors (Lipinski definition) is 2. The molecule has 2 N–H and O–H groups in total. The minimum absolute atomic E-state index is 0.558. The van der Waals surface area contributed by atoms with Crippen LogP contribution in [-0.4, -0.2) is 52.9 Å². The molecule has 2 heterocycles. The Morgan fingerprint density at radius 3 is 2.47 bits per heavy atom. The van der Waals surface area contributed by atoms with Gasteiger partial charge in [-0.2, -0.15) is 0 Å². The van der Waals surface area contributed by atoms with Crippen LogP contribution in [0.15, 0.2) is 81.0 Å². The number of aliphatic carboxylic acids is 2. The summed E-state index contributed by atoms with van der Waals surface area (Å²) in [5.41, 5.74) is 6.26. The van der Waals surface area contributed by atoms with Crippen molar-refractivity contribution in [2.75, 3.05) is 20.1 Å². The molecule has 4 rings (SSSR count). The summed E-state index contributed by atoms with van der Waals surface area (Å²) in [5.74, 6) is -2.51. The van der Waals surface area contributed by atoms with Crippen LogP contribution >= 0.6 is 11.8 Å². The summed E-state index contributed by atoms with van der Waals surface area (Å²) >= 11 is 1.84. The third-order valence-corrected chi connectivity index (χ3v) is 6.18. The molecule has 0 amide bonds. The van der Waals surface area contributed by atoms with Crippen molar-refractivity contribution < 1.29 is 19.8 Å². The number of benzene rings is 2. The Bertz CT molecular complexity index is 1090. The molecule has 0 unspecified atom stereocenters. The van der Waals surface area contributed by atoms with E-state index in [1.807, 2.05) is 11.8 Å². The molecule has 0 atom stereocenters. The summed E-state index contributed by atoms with van der Waals surface area (Å²) in [7, 11) is 2.19. The van der Waals surface area contributed by atoms with Crippen LogP contribution < -0.4 is 0 Å². The number of carboxylic acid groups (broad SMARTS) is 2. The summed E-state index contributed by atoms with van der Waals surface area (Å²) in [6, 6.07) is 15.3. The molecule has 0 fully saturated rings. The number of likely N-dealkylation sites (N-methyl/N-ethyl adjacent to an activating group) is 1. The zero-order valence-electron chi connectivity index (χ0n) is 18.1. The zero-order valence-corrected chi connectivity index (χ0v) is 18.9. The van der Waals surface area contributed by atoms with Gasteiger partial charge in [-0.3, -0.25) is 0 Å². The van der Waals surface area contributed by atoms with Gasteiger partial charge in [-0.1, -0.05) is 43.0 Å². The Hall–Kier alpha value is -3.16. The third-order valence-electron chi connectivity index (χ3n) is 5.04. The summed E-state index contributed by atoms with van der Waals surface area (Å²) in [6.45, 7) is 4.32. The lowest BCUT2D eigenvalue weighted by molar-refractivity contribution is -0.134. The molecule has 0 aliphatic carbocycles. The lowest BCUT2D eigenvalue weighted by Gasteiger charge is -2.24. The molecule has 166 valence electrons. The van der Waals surface area contributed by atoms with Gasteiger partial charge in [0.05, 0.1) is 11.4 Å². The van der Waals surface area contributed by atoms with Crippen molar-refractivity contribution in [2.24, 2.45) is 4.99 Å². The Labute approximate surface area is 192 Å². The van der Waals surface area contributed by atoms with E-state index < -0.39 is 11.9 Å². The van der Waals surface area contributed by atoms with E-state index in [1.165, 1.54) is 26.5 Å². The second-order valence-corrected chi connectivity index (χ2v) is 8.56. The topological polar surface area (TPSA) is 90.2 Å². The van der Waals surface area contributed by atoms with Gasteiger partial charge >= 0.3 is 11.9 Å². The van der Waals surface area contributed by atoms with E-state index in [0.717, 1.165) is 37.3 Å². The molecule has 0 bridgehead atoms. The van der Waals surface area contributed by atoms with Crippen molar-refractivity contribution in [2.45, 2.75) is 29.6 Å². The van der Waals surface area contributed by atoms with Crippen LogP contribution in [0.1, 0.15) is 24.5 Å². The molecular weight excluding hydrogens is 424 g/mol. The second kappa shape index (κ2) is 10.9. The van der Waals surface area contributed by atoms with Crippen LogP contribution in [0.4, 0.5) is 5.69 Å². The molecule has 2 aliphatic heterocycles. The summed E-state index contributed by atoms with van der Waals surface area (Å²) in [5, 5.41) is 15.6. The van der Waals surface area contributed by atoms with Gasteiger partial charge in [0.15, 0.2) is 0 Å². The molecule has 2 aromatic carbocycles. The van der Waals surface area contributed by atoms with Crippen LogP contribution in [0.3, 0.4) is 0 Å². The maximum atomic E-state index is 9.55. The number of aryl methyl sites for hydroxylation is 1. The summed E-state index contributed by atoms with van der Waals surface area (Å²) in [4.78, 5) is 29.2. The maximum absolute atomic E-state index is 9.55. The zero-order chi connectivity index (χ0) is 23.1. The van der Waals surface area contributed by atoms with Crippen LogP contribution in [0.25, 0.3) is 0 Å². The largest absolute Gasteiger partial charge is 0.478 e. The van der Waals surface area contributed by atoms with Crippen LogP contribution in [0.5, 0.6) is 0 Å². The summed E-state index contributed by atoms with van der Waals surface area (Å²) < 4.78 is 0. The molecule has 7 heteroatoms. The monoisotopic (exact) mass is 450 g/mol. The first-order valence-electron chi connectivity index (χ1n) is 10.4. The number of aliphatic imine (C=N–C) groups is 1. The number of rotatable bonds is 4. The van der Waals surface area contributed by atoms with Gasteiger partial charge in [0.25, 0.3) is 0 Å². The van der Waals surface area contributed by atoms with Crippen molar-refractivity contribution in [3.05, 3.63) is 77.4 Å². The maximum Gasteiger partial charge on any atom is 0.328 e. The fourth-order valence-electron chi connectivity index (χ4n) is 3.46. The van der Waals surface area contributed by atoms with Gasteiger partial charge in [0, 0.05) is 40.6 Å². The van der Waals surface area contributed by atoms with Crippen molar-refractivity contribution in [3.8, 4) is 0 Å². The van der Waals surface area contributed by atoms with Gasteiger partial charge in [0.1, 0.15) is 0 Å². The highest BCUT2D eigenvalue weighted by atomic mass is 32.2. The second-order valence-electron chi connectivity index (χ2n) is 7.48. The third kappa shape index (κ3) is 6.18. The highest BCUT2D eigenvalue weighted by Crippen LogP contribution is 2.41. The Balaban J connectivity index is 0.000000312. The molecule has 2 aliphatic rings. The van der Waals surface area contributed by atoms with Gasteiger partial charge in [-0.05, 0) is 55.3 Å². The minimum atomic E-state index is -1.26. The molecular formula is C25H26N2O4S. The fourth-order valence-corrected chi connectivity index (χ4v) is 4.46. The number of fused-ring (bicyclic) bond motifs is 2. The number of hydrogen-bond acceptors (Lipinski definition) is 5. The van der Waals surface area contributed by atoms with Gasteiger partial charge in [-0.15, -0.1) is 0 Å². The number of carboxylic acids is 2. The van der Waals surface area contributed by atoms with E-state index in [4.69, 9.17) is 15.2 Å². The molecule has 0 saturated carbocycles. The molecule has 2 aromatic rings. The van der Waals surface area contributed by atoms with E-state index in [0.29, 0.717) is 12.2 Å². The lowest BCUT2D eigenvalue weighted by Crippen LogP contribution is -2.29. The van der Waals surface area contributed by atoms with Crippen molar-refractivity contribution >= 4 is 35.1 Å². The van der Waals surface area contributed by atoms with Crippen LogP contribution in [-0.2, 0) is 16.0 Å². The van der Waals surface area contributed by atoms with Gasteiger partial charge in [0.2, 0.25) is 0 Å². The van der Waals surface area contributed by atoms with Crippen molar-refractivity contribution in [3.63, 3.8) is 0 Å². The summed E-state index contributed by atoms with van der Waals surface area (Å²) in [6.07, 6.45) is 5.64. The van der Waals surface area contributed by atoms with Crippen molar-refractivity contribution in [1.82, 2.24) is 4.90 Å².